The van der Waals surface area contributed by atoms with Crippen LogP contribution < -0.4 is 5.32 Å². The normalized spacial score (nSPS) is 17.4. The van der Waals surface area contributed by atoms with Crippen molar-refractivity contribution in [1.29, 1.82) is 0 Å². The Balaban J connectivity index is 2.32. The SMILES string of the molecule is CCOC(=O)C1CCN(C(=O)NCC(O)C(=O)O)CC1. The summed E-state index contributed by atoms with van der Waals surface area (Å²) in [5, 5.41) is 19.9. The predicted molar refractivity (Wildman–Crippen MR) is 68.0 cm³/mol. The smallest absolute Gasteiger partial charge is 0.334 e. The van der Waals surface area contributed by atoms with Crippen LogP contribution in [-0.4, -0.2) is 65.4 Å². The van der Waals surface area contributed by atoms with Crippen molar-refractivity contribution in [2.45, 2.75) is 25.9 Å². The van der Waals surface area contributed by atoms with E-state index in [2.05, 4.69) is 5.32 Å². The van der Waals surface area contributed by atoms with Crippen LogP contribution in [0.2, 0.25) is 0 Å². The first kappa shape index (κ1) is 16.2. The molecule has 1 aliphatic rings. The fourth-order valence-corrected chi connectivity index (χ4v) is 1.96. The summed E-state index contributed by atoms with van der Waals surface area (Å²) in [5.41, 5.74) is 0. The number of likely N-dealkylation sites (tertiary alicyclic amines) is 1. The third-order valence-corrected chi connectivity index (χ3v) is 3.13. The van der Waals surface area contributed by atoms with E-state index < -0.39 is 18.1 Å². The summed E-state index contributed by atoms with van der Waals surface area (Å²) in [6.07, 6.45) is -0.572. The molecule has 0 saturated carbocycles. The third-order valence-electron chi connectivity index (χ3n) is 3.13. The van der Waals surface area contributed by atoms with E-state index in [0.29, 0.717) is 32.5 Å². The molecule has 0 aliphatic carbocycles. The quantitative estimate of drug-likeness (QED) is 0.583. The molecule has 0 aromatic heterocycles. The van der Waals surface area contributed by atoms with Crippen LogP contribution in [-0.2, 0) is 14.3 Å². The maximum absolute atomic E-state index is 11.7. The van der Waals surface area contributed by atoms with Crippen molar-refractivity contribution in [1.82, 2.24) is 10.2 Å². The molecule has 1 fully saturated rings. The Morgan fingerprint density at radius 2 is 1.95 bits per heavy atom. The lowest BCUT2D eigenvalue weighted by Crippen LogP contribution is -2.48. The number of carboxylic acids is 1. The van der Waals surface area contributed by atoms with Gasteiger partial charge in [-0.2, -0.15) is 0 Å². The number of hydrogen-bond donors (Lipinski definition) is 3. The number of carbonyl (C=O) groups is 3. The average Bonchev–Trinajstić information content (AvgIpc) is 2.44. The van der Waals surface area contributed by atoms with Gasteiger partial charge in [0, 0.05) is 13.1 Å². The molecule has 0 radical (unpaired) electrons. The number of aliphatic hydroxyl groups is 1. The Hall–Kier alpha value is -1.83. The van der Waals surface area contributed by atoms with E-state index in [0.717, 1.165) is 0 Å². The van der Waals surface area contributed by atoms with Crippen LogP contribution in [0.4, 0.5) is 4.79 Å². The molecule has 1 aliphatic heterocycles. The van der Waals surface area contributed by atoms with Gasteiger partial charge in [0.25, 0.3) is 0 Å². The lowest BCUT2D eigenvalue weighted by atomic mass is 9.97. The number of aliphatic hydroxyl groups excluding tert-OH is 1. The minimum atomic E-state index is -1.61. The van der Waals surface area contributed by atoms with Crippen LogP contribution in [0.15, 0.2) is 0 Å². The van der Waals surface area contributed by atoms with Gasteiger partial charge in [0.1, 0.15) is 0 Å². The van der Waals surface area contributed by atoms with Crippen LogP contribution in [0, 0.1) is 5.92 Å². The summed E-state index contributed by atoms with van der Waals surface area (Å²) < 4.78 is 4.93. The number of carbonyl (C=O) groups excluding carboxylic acids is 2. The number of amides is 2. The molecule has 8 heteroatoms. The van der Waals surface area contributed by atoms with Crippen LogP contribution in [0.25, 0.3) is 0 Å². The first-order chi connectivity index (χ1) is 9.45. The van der Waals surface area contributed by atoms with E-state index in [9.17, 15) is 14.4 Å². The van der Waals surface area contributed by atoms with Gasteiger partial charge in [-0.15, -0.1) is 0 Å². The summed E-state index contributed by atoms with van der Waals surface area (Å²) in [6, 6.07) is -0.437. The number of nitrogens with zero attached hydrogens (tertiary/aromatic N) is 1. The first-order valence-electron chi connectivity index (χ1n) is 6.56. The molecule has 8 nitrogen and oxygen atoms in total. The zero-order valence-corrected chi connectivity index (χ0v) is 11.4. The molecule has 1 rings (SSSR count). The van der Waals surface area contributed by atoms with E-state index >= 15 is 0 Å². The highest BCUT2D eigenvalue weighted by Crippen LogP contribution is 2.18. The molecule has 3 N–H and O–H groups in total. The van der Waals surface area contributed by atoms with E-state index in [4.69, 9.17) is 14.9 Å². The summed E-state index contributed by atoms with van der Waals surface area (Å²) in [4.78, 5) is 35.1. The third kappa shape index (κ3) is 4.69. The van der Waals surface area contributed by atoms with Crippen molar-refractivity contribution in [3.63, 3.8) is 0 Å². The minimum Gasteiger partial charge on any atom is -0.479 e. The van der Waals surface area contributed by atoms with Crippen molar-refractivity contribution in [3.05, 3.63) is 0 Å². The second kappa shape index (κ2) is 7.68. The second-order valence-electron chi connectivity index (χ2n) is 4.55. The van der Waals surface area contributed by atoms with Crippen molar-refractivity contribution in [3.8, 4) is 0 Å². The maximum atomic E-state index is 11.7. The number of urea groups is 1. The Labute approximate surface area is 116 Å². The Morgan fingerprint density at radius 1 is 1.35 bits per heavy atom. The predicted octanol–water partition coefficient (Wildman–Crippen LogP) is -0.583. The van der Waals surface area contributed by atoms with Gasteiger partial charge in [-0.05, 0) is 19.8 Å². The molecule has 2 amide bonds. The van der Waals surface area contributed by atoms with Gasteiger partial charge in [0.2, 0.25) is 0 Å². The highest BCUT2D eigenvalue weighted by atomic mass is 16.5. The maximum Gasteiger partial charge on any atom is 0.334 e. The number of esters is 1. The molecule has 0 aromatic carbocycles. The van der Waals surface area contributed by atoms with Crippen LogP contribution in [0.3, 0.4) is 0 Å². The van der Waals surface area contributed by atoms with Gasteiger partial charge in [-0.25, -0.2) is 9.59 Å². The molecule has 0 aromatic rings. The molecule has 1 saturated heterocycles. The lowest BCUT2D eigenvalue weighted by molar-refractivity contribution is -0.149. The lowest BCUT2D eigenvalue weighted by Gasteiger charge is -2.31. The summed E-state index contributed by atoms with van der Waals surface area (Å²) in [5.74, 6) is -1.82. The van der Waals surface area contributed by atoms with Crippen molar-refractivity contribution in [2.24, 2.45) is 5.92 Å². The molecule has 1 atom stereocenters. The summed E-state index contributed by atoms with van der Waals surface area (Å²) >= 11 is 0. The molecular formula is C12H20N2O6. The van der Waals surface area contributed by atoms with Crippen molar-refractivity contribution >= 4 is 18.0 Å². The zero-order chi connectivity index (χ0) is 15.1. The van der Waals surface area contributed by atoms with Crippen LogP contribution in [0.1, 0.15) is 19.8 Å². The van der Waals surface area contributed by atoms with Gasteiger partial charge >= 0.3 is 18.0 Å². The number of nitrogens with one attached hydrogen (secondary N) is 1. The standard InChI is InChI=1S/C12H20N2O6/c1-2-20-11(18)8-3-5-14(6-4-8)12(19)13-7-9(15)10(16)17/h8-9,15H,2-7H2,1H3,(H,13,19)(H,16,17). The van der Waals surface area contributed by atoms with E-state index in [1.165, 1.54) is 4.90 Å². The Morgan fingerprint density at radius 3 is 2.45 bits per heavy atom. The summed E-state index contributed by atoms with van der Waals surface area (Å²) in [6.45, 7) is 2.55. The number of hydrogen-bond acceptors (Lipinski definition) is 5. The van der Waals surface area contributed by atoms with E-state index in [1.54, 1.807) is 6.92 Å². The monoisotopic (exact) mass is 288 g/mol. The number of aliphatic carboxylic acids is 1. The number of carboxylic acid groups (broad SMARTS) is 1. The molecule has 0 bridgehead atoms. The number of rotatable bonds is 5. The highest BCUT2D eigenvalue weighted by Gasteiger charge is 2.28. The molecule has 20 heavy (non-hydrogen) atoms. The molecule has 0 spiro atoms. The summed E-state index contributed by atoms with van der Waals surface area (Å²) in [7, 11) is 0. The topological polar surface area (TPSA) is 116 Å². The van der Waals surface area contributed by atoms with Gasteiger partial charge < -0.3 is 25.2 Å². The first-order valence-corrected chi connectivity index (χ1v) is 6.56. The molecule has 1 unspecified atom stereocenters. The van der Waals surface area contributed by atoms with E-state index in [-0.39, 0.29) is 18.4 Å². The Bertz CT molecular complexity index is 365. The fraction of sp³-hybridized carbons (Fsp3) is 0.750. The zero-order valence-electron chi connectivity index (χ0n) is 11.4. The number of ether oxygens (including phenoxy) is 1. The van der Waals surface area contributed by atoms with Gasteiger partial charge in [0.05, 0.1) is 19.1 Å². The van der Waals surface area contributed by atoms with Crippen molar-refractivity contribution < 1.29 is 29.3 Å². The highest BCUT2D eigenvalue weighted by molar-refractivity contribution is 5.77. The van der Waals surface area contributed by atoms with E-state index in [1.807, 2.05) is 0 Å². The van der Waals surface area contributed by atoms with Crippen molar-refractivity contribution in [2.75, 3.05) is 26.2 Å². The molecule has 1 heterocycles. The molecule has 114 valence electrons. The van der Waals surface area contributed by atoms with Gasteiger partial charge in [-0.3, -0.25) is 4.79 Å². The fourth-order valence-electron chi connectivity index (χ4n) is 1.96. The van der Waals surface area contributed by atoms with Gasteiger partial charge in [0.15, 0.2) is 6.10 Å². The largest absolute Gasteiger partial charge is 0.479 e. The second-order valence-corrected chi connectivity index (χ2v) is 4.55. The molecular weight excluding hydrogens is 268 g/mol. The minimum absolute atomic E-state index is 0.191. The average molecular weight is 288 g/mol. The number of piperidine rings is 1. The van der Waals surface area contributed by atoms with Crippen LogP contribution >= 0.6 is 0 Å². The Kier molecular flexibility index (Phi) is 6.23. The van der Waals surface area contributed by atoms with Gasteiger partial charge in [-0.1, -0.05) is 0 Å². The van der Waals surface area contributed by atoms with Crippen LogP contribution in [0.5, 0.6) is 0 Å².